The van der Waals surface area contributed by atoms with Crippen LogP contribution in [0, 0.1) is 87.4 Å². The zero-order valence-corrected chi connectivity index (χ0v) is 50.2. The molecule has 0 fully saturated rings. The summed E-state index contributed by atoms with van der Waals surface area (Å²) in [7, 11) is 8.42. The highest BCUT2D eigenvalue weighted by Gasteiger charge is 2.28. The number of nitro groups is 4. The van der Waals surface area contributed by atoms with Crippen molar-refractivity contribution in [1.82, 2.24) is 60.3 Å². The van der Waals surface area contributed by atoms with E-state index >= 15 is 0 Å². The van der Waals surface area contributed by atoms with E-state index in [1.807, 2.05) is 6.07 Å². The van der Waals surface area contributed by atoms with Crippen LogP contribution in [0.25, 0.3) is 65.3 Å². The second kappa shape index (κ2) is 26.6. The molecule has 0 aliphatic rings. The van der Waals surface area contributed by atoms with Gasteiger partial charge in [0.05, 0.1) is 90.1 Å². The van der Waals surface area contributed by atoms with Crippen LogP contribution in [0.2, 0.25) is 0 Å². The molecule has 4 aromatic carbocycles. The Morgan fingerprint density at radius 3 is 1.34 bits per heavy atom. The molecule has 454 valence electrons. The maximum atomic E-state index is 11.6. The molecule has 6 aromatic heterocycles. The fourth-order valence-electron chi connectivity index (χ4n) is 8.35. The van der Waals surface area contributed by atoms with Crippen molar-refractivity contribution in [2.75, 3.05) is 42.7 Å². The SMILES string of the molecule is COc1nc2cc([N+](=O)[O-])c(C)c(-c3n[nH]c(=S)s3)c2nc1OC.COc1nc2cc([N+](=O)[O-])c(C)c(C#N)c2nc1OC.COc1nc2cc([N+](=O)[O-])c(C)c(C(N)=NN)c2nc1OC.Cc1c([N+](=O)[O-])cc2[nH]c(=O)c(=O)[nH]c2c1-c1n[nH]c(=S)s1. The Balaban J connectivity index is 0.000000168. The van der Waals surface area contributed by atoms with Gasteiger partial charge in [-0.15, -0.1) is 0 Å². The molecule has 0 saturated carbocycles. The fourth-order valence-corrected chi connectivity index (χ4v) is 10.3. The summed E-state index contributed by atoms with van der Waals surface area (Å²) < 4.78 is 31.3. The second-order valence-electron chi connectivity index (χ2n) is 17.2. The number of benzene rings is 4. The average molecular weight is 1280 g/mol. The van der Waals surface area contributed by atoms with E-state index in [0.29, 0.717) is 51.2 Å². The predicted molar refractivity (Wildman–Crippen MR) is 321 cm³/mol. The van der Waals surface area contributed by atoms with E-state index in [1.54, 1.807) is 13.8 Å². The first-order chi connectivity index (χ1) is 41.8. The number of nitro benzene ring substituents is 4. The predicted octanol–water partition coefficient (Wildman–Crippen LogP) is 6.84. The Kier molecular flexibility index (Phi) is 19.4. The van der Waals surface area contributed by atoms with Gasteiger partial charge in [-0.05, 0) is 52.1 Å². The maximum Gasteiger partial charge on any atom is 0.314 e. The minimum absolute atomic E-state index is 0.0832. The first-order valence-corrected chi connectivity index (χ1v) is 26.5. The first-order valence-electron chi connectivity index (χ1n) is 24.0. The number of H-pyrrole nitrogens is 4. The van der Waals surface area contributed by atoms with Crippen LogP contribution in [0.15, 0.2) is 39.0 Å². The summed E-state index contributed by atoms with van der Waals surface area (Å²) in [5.74, 6) is 5.87. The number of methoxy groups -OCH3 is 6. The van der Waals surface area contributed by atoms with Crippen molar-refractivity contribution in [3.05, 3.63) is 127 Å². The molecule has 0 radical (unpaired) electrons. The number of hydrazone groups is 1. The second-order valence-corrected chi connectivity index (χ2v) is 20.6. The van der Waals surface area contributed by atoms with Gasteiger partial charge >= 0.3 is 11.1 Å². The quantitative estimate of drug-likeness (QED) is 0.0131. The molecule has 10 rings (SSSR count). The average Bonchev–Trinajstić information content (AvgIpc) is 1.18. The van der Waals surface area contributed by atoms with Crippen molar-refractivity contribution in [3.8, 4) is 62.5 Å². The van der Waals surface area contributed by atoms with Crippen molar-refractivity contribution >= 4 is 120 Å². The standard InChI is InChI=1S/C13H11N5O4S2.C12H14N6O4.C12H10N4O4.C11H7N5O4S2/c1-5-7(18(19)20)4-6-9(8(5)12-16-17-13(23)24-12)15-11(22-3)10(14-6)21-2;1-5-7(18(19)20)4-6-9(8(5)10(13)17-14)16-12(22-3)11(15-6)21-2;1-6-7(5-13)10-8(4-9(6)16(17)18)14-11(19-2)12(15-10)20-3;1-3-5(16(19)20)2-4-7(13-9(18)8(17)12-4)6(3)10-14-15-11(21)22-10/h4H,1-3H3,(H,17,23);4H,14H2,1-3H3,(H2,13,17);4H,1-3H3;2H,1H3,(H,12,17)(H,13,18)(H,15,21). The number of fused-ring (bicyclic) bond motifs is 4. The topological polar surface area (TPSA) is 517 Å². The summed E-state index contributed by atoms with van der Waals surface area (Å²) in [4.78, 5) is 95.8. The van der Waals surface area contributed by atoms with Crippen molar-refractivity contribution in [3.63, 3.8) is 0 Å². The van der Waals surface area contributed by atoms with Crippen LogP contribution < -0.4 is 51.1 Å². The van der Waals surface area contributed by atoms with Gasteiger partial charge in [0, 0.05) is 52.1 Å². The largest absolute Gasteiger partial charge is 0.477 e. The van der Waals surface area contributed by atoms with Gasteiger partial charge in [-0.25, -0.2) is 29.9 Å². The van der Waals surface area contributed by atoms with Gasteiger partial charge in [-0.2, -0.15) is 20.6 Å². The number of nitriles is 1. The highest BCUT2D eigenvalue weighted by Crippen LogP contribution is 2.41. The highest BCUT2D eigenvalue weighted by atomic mass is 32.2. The first kappa shape index (κ1) is 64.1. The summed E-state index contributed by atoms with van der Waals surface area (Å²) >= 11 is 12.3. The number of hydrogen-bond acceptors (Lipinski definition) is 31. The normalized spacial score (nSPS) is 10.9. The molecule has 0 atom stereocenters. The van der Waals surface area contributed by atoms with E-state index in [0.717, 1.165) is 11.3 Å². The third-order valence-corrected chi connectivity index (χ3v) is 14.6. The third-order valence-electron chi connectivity index (χ3n) is 12.4. The van der Waals surface area contributed by atoms with Crippen LogP contribution in [0.4, 0.5) is 22.7 Å². The Morgan fingerprint density at radius 1 is 0.557 bits per heavy atom. The van der Waals surface area contributed by atoms with Gasteiger partial charge in [0.1, 0.15) is 49.2 Å². The van der Waals surface area contributed by atoms with E-state index < -0.39 is 30.8 Å². The number of nitrogens with zero attached hydrogens (tertiary/aromatic N) is 14. The van der Waals surface area contributed by atoms with Crippen molar-refractivity contribution < 1.29 is 48.1 Å². The molecule has 88 heavy (non-hydrogen) atoms. The molecule has 40 heteroatoms. The van der Waals surface area contributed by atoms with E-state index in [2.05, 4.69) is 65.4 Å². The van der Waals surface area contributed by atoms with Crippen molar-refractivity contribution in [1.29, 1.82) is 5.26 Å². The van der Waals surface area contributed by atoms with Gasteiger partial charge in [0.15, 0.2) is 13.7 Å². The van der Waals surface area contributed by atoms with E-state index in [4.69, 9.17) is 64.4 Å². The molecular weight excluding hydrogens is 1240 g/mol. The van der Waals surface area contributed by atoms with Crippen LogP contribution >= 0.6 is 47.1 Å². The van der Waals surface area contributed by atoms with Crippen LogP contribution in [0.1, 0.15) is 33.4 Å². The Bertz CT molecular complexity index is 4840. The molecule has 0 aliphatic heterocycles. The Labute approximate surface area is 507 Å². The van der Waals surface area contributed by atoms with E-state index in [9.17, 15) is 55.3 Å². The lowest BCUT2D eigenvalue weighted by Gasteiger charge is -2.12. The number of nitrogens with two attached hydrogens (primary N) is 2. The molecule has 0 unspecified atom stereocenters. The minimum Gasteiger partial charge on any atom is -0.477 e. The van der Waals surface area contributed by atoms with Crippen LogP contribution in [-0.2, 0) is 0 Å². The van der Waals surface area contributed by atoms with E-state index in [-0.39, 0.29) is 119 Å². The number of ether oxygens (including phenoxy) is 6. The monoisotopic (exact) mass is 1280 g/mol. The number of amidine groups is 1. The number of rotatable bonds is 13. The van der Waals surface area contributed by atoms with Gasteiger partial charge in [-0.3, -0.25) is 60.2 Å². The molecular formula is C48H42N20O16S4. The summed E-state index contributed by atoms with van der Waals surface area (Å²) in [5.41, 5.74) is 7.95. The highest BCUT2D eigenvalue weighted by molar-refractivity contribution is 7.73. The number of hydrogen-bond donors (Lipinski definition) is 6. The molecule has 0 aliphatic carbocycles. The molecule has 10 aromatic rings. The van der Waals surface area contributed by atoms with Gasteiger partial charge < -0.3 is 50.0 Å². The van der Waals surface area contributed by atoms with Gasteiger partial charge in [0.2, 0.25) is 0 Å². The summed E-state index contributed by atoms with van der Waals surface area (Å²) in [6, 6.07) is 7.03. The number of aromatic amines is 4. The summed E-state index contributed by atoms with van der Waals surface area (Å²) in [6.45, 7) is 6.20. The lowest BCUT2D eigenvalue weighted by molar-refractivity contribution is -0.385. The van der Waals surface area contributed by atoms with Crippen LogP contribution in [0.5, 0.6) is 35.3 Å². The van der Waals surface area contributed by atoms with Crippen molar-refractivity contribution in [2.45, 2.75) is 27.7 Å². The lowest BCUT2D eigenvalue weighted by Crippen LogP contribution is -2.29. The molecule has 0 amide bonds. The van der Waals surface area contributed by atoms with Crippen LogP contribution in [0.3, 0.4) is 0 Å². The molecule has 8 N–H and O–H groups in total. The molecule has 0 spiro atoms. The third kappa shape index (κ3) is 12.7. The Hall–Kier alpha value is -11.4. The smallest absolute Gasteiger partial charge is 0.314 e. The molecule has 36 nitrogen and oxygen atoms in total. The summed E-state index contributed by atoms with van der Waals surface area (Å²) in [6.07, 6.45) is 0. The number of aromatic nitrogens is 12. The van der Waals surface area contributed by atoms with E-state index in [1.165, 1.54) is 92.1 Å². The lowest BCUT2D eigenvalue weighted by atomic mass is 10.0. The zero-order chi connectivity index (χ0) is 64.7. The minimum atomic E-state index is -0.883. The fraction of sp³-hybridized carbons (Fsp3) is 0.208. The summed E-state index contributed by atoms with van der Waals surface area (Å²) in [5, 5.41) is 71.6. The Morgan fingerprint density at radius 2 is 0.920 bits per heavy atom. The molecule has 0 bridgehead atoms. The maximum absolute atomic E-state index is 11.6. The van der Waals surface area contributed by atoms with Gasteiger partial charge in [0.25, 0.3) is 58.0 Å². The van der Waals surface area contributed by atoms with Crippen LogP contribution in [-0.4, -0.2) is 128 Å². The molecule has 0 saturated heterocycles. The van der Waals surface area contributed by atoms with Crippen molar-refractivity contribution in [2.24, 2.45) is 16.7 Å². The van der Waals surface area contributed by atoms with Gasteiger partial charge in [-0.1, -0.05) is 22.7 Å². The zero-order valence-electron chi connectivity index (χ0n) is 46.9. The molecule has 6 heterocycles. The number of nitrogens with one attached hydrogen (secondary N) is 4.